The Hall–Kier alpha value is -3.23. The molecule has 1 fully saturated rings. The Morgan fingerprint density at radius 3 is 2.82 bits per heavy atom. The molecular formula is C30H33FN2O4S. The molecular weight excluding hydrogens is 503 g/mol. The van der Waals surface area contributed by atoms with Gasteiger partial charge in [-0.05, 0) is 79.9 Å². The van der Waals surface area contributed by atoms with Crippen LogP contribution in [0.25, 0.3) is 0 Å². The van der Waals surface area contributed by atoms with Crippen LogP contribution < -0.4 is 4.74 Å². The van der Waals surface area contributed by atoms with Gasteiger partial charge in [-0.1, -0.05) is 23.8 Å². The van der Waals surface area contributed by atoms with Gasteiger partial charge in [-0.3, -0.25) is 9.59 Å². The van der Waals surface area contributed by atoms with Gasteiger partial charge in [0.05, 0.1) is 12.1 Å². The van der Waals surface area contributed by atoms with E-state index in [1.807, 2.05) is 30.9 Å². The van der Waals surface area contributed by atoms with Crippen molar-refractivity contribution in [2.75, 3.05) is 32.8 Å². The Bertz CT molecular complexity index is 1300. The van der Waals surface area contributed by atoms with E-state index in [9.17, 15) is 14.0 Å². The van der Waals surface area contributed by atoms with Crippen molar-refractivity contribution in [3.63, 3.8) is 0 Å². The topological polar surface area (TPSA) is 59.1 Å². The molecule has 8 heteroatoms. The summed E-state index contributed by atoms with van der Waals surface area (Å²) in [5.74, 6) is -0.209. The van der Waals surface area contributed by atoms with E-state index >= 15 is 0 Å². The quantitative estimate of drug-likeness (QED) is 0.391. The average Bonchev–Trinajstić information content (AvgIpc) is 3.59. The van der Waals surface area contributed by atoms with Crippen LogP contribution in [0.2, 0.25) is 0 Å². The van der Waals surface area contributed by atoms with Crippen LogP contribution in [0.5, 0.6) is 5.75 Å². The molecule has 200 valence electrons. The fraction of sp³-hybridized carbons (Fsp3) is 0.400. The Balaban J connectivity index is 1.36. The number of halogens is 1. The van der Waals surface area contributed by atoms with E-state index in [1.165, 1.54) is 33.5 Å². The van der Waals surface area contributed by atoms with Crippen molar-refractivity contribution in [1.29, 1.82) is 0 Å². The third kappa shape index (κ3) is 5.92. The Kier molecular flexibility index (Phi) is 8.09. The molecule has 2 atom stereocenters. The largest absolute Gasteiger partial charge is 0.491 e. The second-order valence-electron chi connectivity index (χ2n) is 10.1. The van der Waals surface area contributed by atoms with Crippen LogP contribution in [0.15, 0.2) is 53.9 Å². The maximum atomic E-state index is 13.9. The maximum Gasteiger partial charge on any atom is 0.254 e. The first-order valence-electron chi connectivity index (χ1n) is 13.1. The first-order chi connectivity index (χ1) is 18.4. The van der Waals surface area contributed by atoms with Gasteiger partial charge < -0.3 is 19.3 Å². The number of benzene rings is 2. The van der Waals surface area contributed by atoms with Gasteiger partial charge in [0.25, 0.3) is 5.91 Å². The summed E-state index contributed by atoms with van der Waals surface area (Å²) in [4.78, 5) is 31.8. The minimum atomic E-state index is -0.483. The number of thiophene rings is 1. The summed E-state index contributed by atoms with van der Waals surface area (Å²) in [6, 6.07) is 13.5. The van der Waals surface area contributed by atoms with Crippen molar-refractivity contribution in [3.05, 3.63) is 86.9 Å². The Morgan fingerprint density at radius 2 is 2.05 bits per heavy atom. The third-order valence-corrected chi connectivity index (χ3v) is 8.27. The van der Waals surface area contributed by atoms with Crippen LogP contribution in [0.1, 0.15) is 50.8 Å². The van der Waals surface area contributed by atoms with Gasteiger partial charge in [-0.15, -0.1) is 11.3 Å². The van der Waals surface area contributed by atoms with Crippen molar-refractivity contribution in [3.8, 4) is 5.75 Å². The fourth-order valence-corrected chi connectivity index (χ4v) is 6.24. The molecule has 0 bridgehead atoms. The van der Waals surface area contributed by atoms with E-state index in [0.29, 0.717) is 26.3 Å². The summed E-state index contributed by atoms with van der Waals surface area (Å²) in [6.07, 6.45) is 2.39. The van der Waals surface area contributed by atoms with Crippen LogP contribution >= 0.6 is 11.3 Å². The summed E-state index contributed by atoms with van der Waals surface area (Å²) >= 11 is 1.70. The number of nitrogens with zero attached hydrogens (tertiary/aromatic N) is 2. The summed E-state index contributed by atoms with van der Waals surface area (Å²) in [6.45, 7) is 5.77. The van der Waals surface area contributed by atoms with E-state index in [4.69, 9.17) is 9.47 Å². The number of hydrogen-bond acceptors (Lipinski definition) is 5. The molecule has 5 rings (SSSR count). The van der Waals surface area contributed by atoms with E-state index in [2.05, 4.69) is 17.5 Å². The predicted octanol–water partition coefficient (Wildman–Crippen LogP) is 5.33. The van der Waals surface area contributed by atoms with Crippen molar-refractivity contribution in [2.45, 2.75) is 45.3 Å². The molecule has 1 aromatic heterocycles. The summed E-state index contributed by atoms with van der Waals surface area (Å²) in [5.41, 5.74) is 3.54. The van der Waals surface area contributed by atoms with E-state index in [1.54, 1.807) is 17.4 Å². The van der Waals surface area contributed by atoms with Crippen LogP contribution in [-0.2, 0) is 16.0 Å². The first kappa shape index (κ1) is 26.4. The third-order valence-electron chi connectivity index (χ3n) is 7.28. The average molecular weight is 537 g/mol. The molecule has 0 aliphatic carbocycles. The molecule has 0 radical (unpaired) electrons. The molecule has 38 heavy (non-hydrogen) atoms. The second kappa shape index (κ2) is 11.7. The molecule has 2 aromatic carbocycles. The van der Waals surface area contributed by atoms with Crippen molar-refractivity contribution in [1.82, 2.24) is 9.80 Å². The number of amides is 2. The normalized spacial score (nSPS) is 18.8. The second-order valence-corrected chi connectivity index (χ2v) is 11.1. The number of rotatable bonds is 8. The molecule has 1 saturated heterocycles. The zero-order valence-electron chi connectivity index (χ0n) is 21.8. The van der Waals surface area contributed by atoms with Crippen molar-refractivity contribution in [2.24, 2.45) is 0 Å². The lowest BCUT2D eigenvalue weighted by Crippen LogP contribution is -2.49. The number of hydrogen-bond donors (Lipinski definition) is 0. The number of aryl methyl sites for hydroxylation is 2. The van der Waals surface area contributed by atoms with Gasteiger partial charge in [0.2, 0.25) is 5.91 Å². The van der Waals surface area contributed by atoms with Crippen LogP contribution in [0.3, 0.4) is 0 Å². The molecule has 3 heterocycles. The van der Waals surface area contributed by atoms with E-state index in [0.717, 1.165) is 36.1 Å². The zero-order valence-corrected chi connectivity index (χ0v) is 22.6. The highest BCUT2D eigenvalue weighted by Crippen LogP contribution is 2.34. The summed E-state index contributed by atoms with van der Waals surface area (Å²) < 4.78 is 25.9. The molecule has 3 aromatic rings. The minimum Gasteiger partial charge on any atom is -0.491 e. The lowest BCUT2D eigenvalue weighted by atomic mass is 10.00. The van der Waals surface area contributed by atoms with Gasteiger partial charge >= 0.3 is 0 Å². The Morgan fingerprint density at radius 1 is 1.18 bits per heavy atom. The smallest absolute Gasteiger partial charge is 0.254 e. The van der Waals surface area contributed by atoms with Crippen molar-refractivity contribution >= 4 is 23.2 Å². The van der Waals surface area contributed by atoms with Gasteiger partial charge in [0, 0.05) is 30.1 Å². The standard InChI is InChI=1S/C30H33FN2O4S/c1-20-8-9-27(21(2)15-20)37-19-26-25-11-14-38-28(25)10-12-33(26)29(34)18-32(17-24-7-4-13-36-24)30(35)22-5-3-6-23(31)16-22/h3,5-6,8-9,11,14-16,24,26H,4,7,10,12-13,17-19H2,1-2H3/t24-,26+/m1/s1. The molecule has 6 nitrogen and oxygen atoms in total. The predicted molar refractivity (Wildman–Crippen MR) is 145 cm³/mol. The van der Waals surface area contributed by atoms with E-state index < -0.39 is 5.82 Å². The monoisotopic (exact) mass is 536 g/mol. The molecule has 0 unspecified atom stereocenters. The molecule has 2 aliphatic rings. The highest BCUT2D eigenvalue weighted by Gasteiger charge is 2.34. The summed E-state index contributed by atoms with van der Waals surface area (Å²) in [7, 11) is 0. The number of fused-ring (bicyclic) bond motifs is 1. The minimum absolute atomic E-state index is 0.102. The van der Waals surface area contributed by atoms with Gasteiger partial charge in [0.15, 0.2) is 0 Å². The zero-order chi connectivity index (χ0) is 26.6. The lowest BCUT2D eigenvalue weighted by Gasteiger charge is -2.37. The van der Waals surface area contributed by atoms with E-state index in [-0.39, 0.29) is 36.1 Å². The molecule has 0 saturated carbocycles. The van der Waals surface area contributed by atoms with Crippen LogP contribution in [0, 0.1) is 19.7 Å². The van der Waals surface area contributed by atoms with Crippen LogP contribution in [0.4, 0.5) is 4.39 Å². The molecule has 0 N–H and O–H groups in total. The molecule has 2 amide bonds. The van der Waals surface area contributed by atoms with Gasteiger partial charge in [-0.2, -0.15) is 0 Å². The van der Waals surface area contributed by atoms with Gasteiger partial charge in [0.1, 0.15) is 24.7 Å². The van der Waals surface area contributed by atoms with Crippen molar-refractivity contribution < 1.29 is 23.5 Å². The maximum absolute atomic E-state index is 13.9. The Labute approximate surface area is 227 Å². The number of carbonyl (C=O) groups is 2. The number of carbonyl (C=O) groups excluding carboxylic acids is 2. The highest BCUT2D eigenvalue weighted by molar-refractivity contribution is 7.10. The molecule has 0 spiro atoms. The number of ether oxygens (including phenoxy) is 2. The highest BCUT2D eigenvalue weighted by atomic mass is 32.1. The SMILES string of the molecule is Cc1ccc(OC[C@H]2c3ccsc3CCN2C(=O)CN(C[C@H]2CCCO2)C(=O)c2cccc(F)c2)c(C)c1. The van der Waals surface area contributed by atoms with Gasteiger partial charge in [-0.25, -0.2) is 4.39 Å². The van der Waals surface area contributed by atoms with Crippen LogP contribution in [-0.4, -0.2) is 60.6 Å². The fourth-order valence-electron chi connectivity index (χ4n) is 5.32. The summed E-state index contributed by atoms with van der Waals surface area (Å²) in [5, 5.41) is 2.06. The first-order valence-corrected chi connectivity index (χ1v) is 14.0. The molecule has 2 aliphatic heterocycles. The lowest BCUT2D eigenvalue weighted by molar-refractivity contribution is -0.135.